The van der Waals surface area contributed by atoms with Crippen LogP contribution in [-0.2, 0) is 14.3 Å². The number of hydrogen-bond donors (Lipinski definition) is 1. The third-order valence-corrected chi connectivity index (χ3v) is 2.43. The van der Waals surface area contributed by atoms with Gasteiger partial charge in [-0.1, -0.05) is 13.3 Å². The molecule has 1 fully saturated rings. The summed E-state index contributed by atoms with van der Waals surface area (Å²) in [5, 5.41) is 3.22. The van der Waals surface area contributed by atoms with Crippen molar-refractivity contribution >= 4 is 5.97 Å². The smallest absolute Gasteiger partial charge is 0.325 e. The normalized spacial score (nSPS) is 17.5. The molecule has 1 rings (SSSR count). The van der Waals surface area contributed by atoms with Gasteiger partial charge in [-0.25, -0.2) is 0 Å². The molecular weight excluding hydrogens is 194 g/mol. The Balaban J connectivity index is 2.18. The van der Waals surface area contributed by atoms with Crippen LogP contribution in [0, 0.1) is 0 Å². The Bertz CT molecular complexity index is 192. The second-order valence-electron chi connectivity index (χ2n) is 3.95. The summed E-state index contributed by atoms with van der Waals surface area (Å²) in [6.45, 7) is 3.25. The molecule has 1 aliphatic rings. The Morgan fingerprint density at radius 1 is 1.53 bits per heavy atom. The second kappa shape index (κ2) is 6.80. The first-order valence-electron chi connectivity index (χ1n) is 5.69. The lowest BCUT2D eigenvalue weighted by atomic mass is 10.3. The van der Waals surface area contributed by atoms with Crippen molar-refractivity contribution in [2.75, 3.05) is 20.3 Å². The number of esters is 1. The summed E-state index contributed by atoms with van der Waals surface area (Å²) in [5.41, 5.74) is 0. The van der Waals surface area contributed by atoms with E-state index in [1.165, 1.54) is 7.11 Å². The van der Waals surface area contributed by atoms with Gasteiger partial charge in [0.15, 0.2) is 0 Å². The third-order valence-electron chi connectivity index (χ3n) is 2.43. The zero-order chi connectivity index (χ0) is 11.1. The van der Waals surface area contributed by atoms with E-state index in [1.807, 2.05) is 0 Å². The van der Waals surface area contributed by atoms with E-state index in [0.29, 0.717) is 12.6 Å². The summed E-state index contributed by atoms with van der Waals surface area (Å²) in [6.07, 6.45) is 4.46. The topological polar surface area (TPSA) is 47.6 Å². The summed E-state index contributed by atoms with van der Waals surface area (Å²) in [7, 11) is 1.41. The number of nitrogens with one attached hydrogen (secondary N) is 1. The molecule has 0 saturated heterocycles. The Morgan fingerprint density at radius 3 is 2.80 bits per heavy atom. The van der Waals surface area contributed by atoms with Gasteiger partial charge in [-0.3, -0.25) is 10.1 Å². The zero-order valence-corrected chi connectivity index (χ0v) is 9.62. The predicted molar refractivity (Wildman–Crippen MR) is 57.7 cm³/mol. The Hall–Kier alpha value is -0.610. The lowest BCUT2D eigenvalue weighted by molar-refractivity contribution is -0.144. The number of rotatable bonds is 8. The SMILES string of the molecule is CCCCOCC(NC1CC1)C(=O)OC. The maximum atomic E-state index is 11.4. The van der Waals surface area contributed by atoms with Crippen molar-refractivity contribution in [2.24, 2.45) is 0 Å². The van der Waals surface area contributed by atoms with Gasteiger partial charge in [-0.15, -0.1) is 0 Å². The fourth-order valence-corrected chi connectivity index (χ4v) is 1.31. The predicted octanol–water partition coefficient (Wildman–Crippen LogP) is 1.10. The van der Waals surface area contributed by atoms with Crippen LogP contribution in [0.15, 0.2) is 0 Å². The van der Waals surface area contributed by atoms with E-state index in [1.54, 1.807) is 0 Å². The Labute approximate surface area is 91.3 Å². The largest absolute Gasteiger partial charge is 0.468 e. The number of methoxy groups -OCH3 is 1. The standard InChI is InChI=1S/C11H21NO3/c1-3-4-7-15-8-10(11(13)14-2)12-9-5-6-9/h9-10,12H,3-8H2,1-2H3. The summed E-state index contributed by atoms with van der Waals surface area (Å²) >= 11 is 0. The van der Waals surface area contributed by atoms with Gasteiger partial charge in [0.25, 0.3) is 0 Å². The number of hydrogen-bond acceptors (Lipinski definition) is 4. The fraction of sp³-hybridized carbons (Fsp3) is 0.909. The van der Waals surface area contributed by atoms with E-state index in [2.05, 4.69) is 12.2 Å². The van der Waals surface area contributed by atoms with Gasteiger partial charge < -0.3 is 9.47 Å². The molecule has 1 unspecified atom stereocenters. The van der Waals surface area contributed by atoms with Crippen molar-refractivity contribution in [3.8, 4) is 0 Å². The van der Waals surface area contributed by atoms with Crippen LogP contribution >= 0.6 is 0 Å². The van der Waals surface area contributed by atoms with Gasteiger partial charge in [-0.2, -0.15) is 0 Å². The Morgan fingerprint density at radius 2 is 2.27 bits per heavy atom. The van der Waals surface area contributed by atoms with Crippen molar-refractivity contribution < 1.29 is 14.3 Å². The number of carbonyl (C=O) groups is 1. The van der Waals surface area contributed by atoms with Gasteiger partial charge in [0, 0.05) is 12.6 Å². The van der Waals surface area contributed by atoms with Crippen LogP contribution < -0.4 is 5.32 Å². The van der Waals surface area contributed by atoms with Crippen LogP contribution in [0.4, 0.5) is 0 Å². The molecule has 88 valence electrons. The first-order valence-corrected chi connectivity index (χ1v) is 5.69. The van der Waals surface area contributed by atoms with Gasteiger partial charge in [0.1, 0.15) is 6.04 Å². The maximum Gasteiger partial charge on any atom is 0.325 e. The molecule has 0 aromatic rings. The molecular formula is C11H21NO3. The summed E-state index contributed by atoms with van der Waals surface area (Å²) in [4.78, 5) is 11.4. The Kier molecular flexibility index (Phi) is 5.65. The molecule has 0 spiro atoms. The highest BCUT2D eigenvalue weighted by Crippen LogP contribution is 2.19. The minimum atomic E-state index is -0.292. The van der Waals surface area contributed by atoms with Crippen LogP contribution in [0.3, 0.4) is 0 Å². The highest BCUT2D eigenvalue weighted by molar-refractivity contribution is 5.75. The molecule has 0 bridgehead atoms. The van der Waals surface area contributed by atoms with Crippen LogP contribution in [0.5, 0.6) is 0 Å². The first kappa shape index (κ1) is 12.5. The van der Waals surface area contributed by atoms with E-state index >= 15 is 0 Å². The second-order valence-corrected chi connectivity index (χ2v) is 3.95. The summed E-state index contributed by atoms with van der Waals surface area (Å²) in [6, 6.07) is 0.197. The molecule has 4 nitrogen and oxygen atoms in total. The minimum Gasteiger partial charge on any atom is -0.468 e. The molecule has 0 aromatic heterocycles. The number of carbonyl (C=O) groups excluding carboxylic acids is 1. The van der Waals surface area contributed by atoms with Crippen LogP contribution in [0.25, 0.3) is 0 Å². The molecule has 1 atom stereocenters. The third kappa shape index (κ3) is 5.14. The van der Waals surface area contributed by atoms with Crippen LogP contribution in [0.2, 0.25) is 0 Å². The molecule has 1 saturated carbocycles. The van der Waals surface area contributed by atoms with Crippen molar-refractivity contribution in [2.45, 2.75) is 44.7 Å². The minimum absolute atomic E-state index is 0.224. The molecule has 4 heteroatoms. The maximum absolute atomic E-state index is 11.4. The number of ether oxygens (including phenoxy) is 2. The molecule has 0 aliphatic heterocycles. The molecule has 0 aromatic carbocycles. The van der Waals surface area contributed by atoms with Crippen molar-refractivity contribution in [3.05, 3.63) is 0 Å². The van der Waals surface area contributed by atoms with E-state index in [-0.39, 0.29) is 12.0 Å². The van der Waals surface area contributed by atoms with Gasteiger partial charge in [-0.05, 0) is 19.3 Å². The van der Waals surface area contributed by atoms with Crippen LogP contribution in [0.1, 0.15) is 32.6 Å². The average molecular weight is 215 g/mol. The molecule has 15 heavy (non-hydrogen) atoms. The molecule has 1 N–H and O–H groups in total. The zero-order valence-electron chi connectivity index (χ0n) is 9.62. The fourth-order valence-electron chi connectivity index (χ4n) is 1.31. The lowest BCUT2D eigenvalue weighted by Crippen LogP contribution is -2.42. The highest BCUT2D eigenvalue weighted by Gasteiger charge is 2.28. The highest BCUT2D eigenvalue weighted by atomic mass is 16.5. The summed E-state index contributed by atoms with van der Waals surface area (Å²) < 4.78 is 10.1. The van der Waals surface area contributed by atoms with E-state index in [9.17, 15) is 4.79 Å². The van der Waals surface area contributed by atoms with Crippen LogP contribution in [-0.4, -0.2) is 38.4 Å². The van der Waals surface area contributed by atoms with E-state index in [0.717, 1.165) is 32.3 Å². The monoisotopic (exact) mass is 215 g/mol. The number of unbranched alkanes of at least 4 members (excludes halogenated alkanes) is 1. The first-order chi connectivity index (χ1) is 7.27. The molecule has 0 heterocycles. The quantitative estimate of drug-likeness (QED) is 0.486. The lowest BCUT2D eigenvalue weighted by Gasteiger charge is -2.16. The molecule has 1 aliphatic carbocycles. The molecule has 0 amide bonds. The summed E-state index contributed by atoms with van der Waals surface area (Å²) in [5.74, 6) is -0.224. The van der Waals surface area contributed by atoms with Gasteiger partial charge in [0.2, 0.25) is 0 Å². The van der Waals surface area contributed by atoms with Crippen molar-refractivity contribution in [1.82, 2.24) is 5.32 Å². The van der Waals surface area contributed by atoms with Crippen molar-refractivity contribution in [3.63, 3.8) is 0 Å². The average Bonchev–Trinajstić information content (AvgIpc) is 3.05. The van der Waals surface area contributed by atoms with E-state index in [4.69, 9.17) is 9.47 Å². The van der Waals surface area contributed by atoms with Gasteiger partial charge in [0.05, 0.1) is 13.7 Å². The molecule has 0 radical (unpaired) electrons. The van der Waals surface area contributed by atoms with Gasteiger partial charge >= 0.3 is 5.97 Å². The van der Waals surface area contributed by atoms with E-state index < -0.39 is 0 Å². The van der Waals surface area contributed by atoms with Crippen molar-refractivity contribution in [1.29, 1.82) is 0 Å².